The number of thiophene rings is 1. The number of carbonyl (C=O) groups excluding carboxylic acids is 3. The summed E-state index contributed by atoms with van der Waals surface area (Å²) in [5, 5.41) is 0. The van der Waals surface area contributed by atoms with E-state index in [1.165, 1.54) is 34.1 Å². The molecule has 2 heterocycles. The Balaban J connectivity index is 1.46. The first kappa shape index (κ1) is 18.2. The van der Waals surface area contributed by atoms with Gasteiger partial charge >= 0.3 is 11.9 Å². The van der Waals surface area contributed by atoms with E-state index >= 15 is 0 Å². The van der Waals surface area contributed by atoms with Gasteiger partial charge in [-0.2, -0.15) is 0 Å². The monoisotopic (exact) mass is 376 g/mol. The number of fused-ring (bicyclic) bond motifs is 1. The van der Waals surface area contributed by atoms with Crippen molar-refractivity contribution in [3.8, 4) is 0 Å². The van der Waals surface area contributed by atoms with Crippen LogP contribution in [0.4, 0.5) is 0 Å². The summed E-state index contributed by atoms with van der Waals surface area (Å²) in [6.07, 6.45) is 5.62. The first-order valence-electron chi connectivity index (χ1n) is 8.48. The van der Waals surface area contributed by atoms with Gasteiger partial charge in [0.25, 0.3) is 5.91 Å². The highest BCUT2D eigenvalue weighted by atomic mass is 32.1. The van der Waals surface area contributed by atoms with Crippen LogP contribution >= 0.6 is 11.3 Å². The zero-order chi connectivity index (χ0) is 18.5. The van der Waals surface area contributed by atoms with Gasteiger partial charge in [-0.05, 0) is 48.9 Å². The smallest absolute Gasteiger partial charge is 0.348 e. The summed E-state index contributed by atoms with van der Waals surface area (Å²) < 4.78 is 9.92. The summed E-state index contributed by atoms with van der Waals surface area (Å²) in [5.74, 6) is -1.01. The second kappa shape index (κ2) is 8.18. The van der Waals surface area contributed by atoms with Crippen LogP contribution in [-0.2, 0) is 22.4 Å². The SMILES string of the molecule is CC[C@@H]1CCc2sc(C(=O)OCC(=O)NNC(=O)c3ccco3)cc2C1. The molecule has 7 nitrogen and oxygen atoms in total. The molecule has 2 aromatic rings. The van der Waals surface area contributed by atoms with Crippen molar-refractivity contribution in [2.75, 3.05) is 6.61 Å². The second-order valence-electron chi connectivity index (χ2n) is 6.13. The zero-order valence-corrected chi connectivity index (χ0v) is 15.2. The number of aryl methyl sites for hydroxylation is 1. The maximum Gasteiger partial charge on any atom is 0.348 e. The molecular weight excluding hydrogens is 356 g/mol. The topological polar surface area (TPSA) is 97.6 Å². The Morgan fingerprint density at radius 2 is 2.19 bits per heavy atom. The number of esters is 1. The van der Waals surface area contributed by atoms with Crippen LogP contribution in [0.15, 0.2) is 28.9 Å². The quantitative estimate of drug-likeness (QED) is 0.617. The van der Waals surface area contributed by atoms with E-state index in [2.05, 4.69) is 17.8 Å². The molecule has 138 valence electrons. The third-order valence-electron chi connectivity index (χ3n) is 4.36. The molecule has 2 amide bonds. The molecule has 1 aliphatic rings. The highest BCUT2D eigenvalue weighted by Gasteiger charge is 2.23. The van der Waals surface area contributed by atoms with E-state index < -0.39 is 24.4 Å². The van der Waals surface area contributed by atoms with Crippen LogP contribution in [0, 0.1) is 5.92 Å². The van der Waals surface area contributed by atoms with Crippen LogP contribution in [0.5, 0.6) is 0 Å². The normalized spacial score (nSPS) is 15.8. The van der Waals surface area contributed by atoms with Gasteiger partial charge in [0.1, 0.15) is 4.88 Å². The van der Waals surface area contributed by atoms with Gasteiger partial charge in [0, 0.05) is 4.88 Å². The summed E-state index contributed by atoms with van der Waals surface area (Å²) in [7, 11) is 0. The van der Waals surface area contributed by atoms with E-state index in [4.69, 9.17) is 9.15 Å². The number of hydrazine groups is 1. The predicted octanol–water partition coefficient (Wildman–Crippen LogP) is 2.47. The number of ether oxygens (including phenoxy) is 1. The minimum atomic E-state index is -0.634. The number of hydrogen-bond donors (Lipinski definition) is 2. The Labute approximate surface area is 154 Å². The maximum absolute atomic E-state index is 12.1. The molecule has 0 spiro atoms. The number of carbonyl (C=O) groups is 3. The fourth-order valence-corrected chi connectivity index (χ4v) is 3.98. The molecule has 8 heteroatoms. The maximum atomic E-state index is 12.1. The first-order chi connectivity index (χ1) is 12.6. The van der Waals surface area contributed by atoms with Gasteiger partial charge in [-0.25, -0.2) is 4.79 Å². The molecule has 0 bridgehead atoms. The molecule has 0 saturated heterocycles. The fraction of sp³-hybridized carbons (Fsp3) is 0.389. The second-order valence-corrected chi connectivity index (χ2v) is 7.27. The van der Waals surface area contributed by atoms with E-state index in [0.29, 0.717) is 10.8 Å². The minimum absolute atomic E-state index is 0.0665. The van der Waals surface area contributed by atoms with Gasteiger partial charge in [0.2, 0.25) is 0 Å². The molecule has 0 aromatic carbocycles. The lowest BCUT2D eigenvalue weighted by atomic mass is 9.87. The van der Waals surface area contributed by atoms with Crippen molar-refractivity contribution in [2.45, 2.75) is 32.6 Å². The van der Waals surface area contributed by atoms with Crippen LogP contribution in [-0.4, -0.2) is 24.4 Å². The highest BCUT2D eigenvalue weighted by molar-refractivity contribution is 7.14. The van der Waals surface area contributed by atoms with Gasteiger partial charge in [0.15, 0.2) is 12.4 Å². The van der Waals surface area contributed by atoms with Crippen LogP contribution in [0.25, 0.3) is 0 Å². The average molecular weight is 376 g/mol. The largest absolute Gasteiger partial charge is 0.459 e. The molecule has 0 saturated carbocycles. The summed E-state index contributed by atoms with van der Waals surface area (Å²) in [4.78, 5) is 37.2. The van der Waals surface area contributed by atoms with Crippen LogP contribution in [0.2, 0.25) is 0 Å². The highest BCUT2D eigenvalue weighted by Crippen LogP contribution is 2.33. The molecule has 0 aliphatic heterocycles. The molecule has 1 atom stereocenters. The van der Waals surface area contributed by atoms with E-state index in [1.54, 1.807) is 6.07 Å². The van der Waals surface area contributed by atoms with Gasteiger partial charge in [-0.1, -0.05) is 13.3 Å². The molecule has 2 N–H and O–H groups in total. The third kappa shape index (κ3) is 4.32. The van der Waals surface area contributed by atoms with Crippen molar-refractivity contribution in [1.82, 2.24) is 10.9 Å². The lowest BCUT2D eigenvalue weighted by molar-refractivity contribution is -0.125. The van der Waals surface area contributed by atoms with Crippen molar-refractivity contribution in [3.63, 3.8) is 0 Å². The molecular formula is C18H20N2O5S. The van der Waals surface area contributed by atoms with E-state index in [1.807, 2.05) is 6.07 Å². The van der Waals surface area contributed by atoms with E-state index in [9.17, 15) is 14.4 Å². The van der Waals surface area contributed by atoms with Crippen molar-refractivity contribution in [1.29, 1.82) is 0 Å². The Morgan fingerprint density at radius 3 is 2.92 bits per heavy atom. The van der Waals surface area contributed by atoms with E-state index in [-0.39, 0.29) is 5.76 Å². The summed E-state index contributed by atoms with van der Waals surface area (Å²) in [6, 6.07) is 4.89. The lowest BCUT2D eigenvalue weighted by Crippen LogP contribution is -2.43. The van der Waals surface area contributed by atoms with Gasteiger partial charge < -0.3 is 9.15 Å². The number of hydrogen-bond acceptors (Lipinski definition) is 6. The molecule has 1 aliphatic carbocycles. The van der Waals surface area contributed by atoms with Crippen molar-refractivity contribution in [3.05, 3.63) is 45.5 Å². The van der Waals surface area contributed by atoms with Crippen molar-refractivity contribution < 1.29 is 23.5 Å². The third-order valence-corrected chi connectivity index (χ3v) is 5.58. The average Bonchev–Trinajstić information content (AvgIpc) is 3.32. The number of rotatable bonds is 5. The van der Waals surface area contributed by atoms with Crippen LogP contribution < -0.4 is 10.9 Å². The Bertz CT molecular complexity index is 797. The van der Waals surface area contributed by atoms with Crippen molar-refractivity contribution in [2.24, 2.45) is 5.92 Å². The van der Waals surface area contributed by atoms with Gasteiger partial charge in [0.05, 0.1) is 6.26 Å². The molecule has 0 radical (unpaired) electrons. The van der Waals surface area contributed by atoms with Crippen molar-refractivity contribution >= 4 is 29.1 Å². The number of amides is 2. The molecule has 0 fully saturated rings. The number of furan rings is 1. The van der Waals surface area contributed by atoms with Crippen LogP contribution in [0.1, 0.15) is 50.4 Å². The Morgan fingerprint density at radius 1 is 1.35 bits per heavy atom. The summed E-state index contributed by atoms with van der Waals surface area (Å²) in [6.45, 7) is 1.71. The molecule has 2 aromatic heterocycles. The minimum Gasteiger partial charge on any atom is -0.459 e. The number of nitrogens with one attached hydrogen (secondary N) is 2. The molecule has 0 unspecified atom stereocenters. The first-order valence-corrected chi connectivity index (χ1v) is 9.29. The van der Waals surface area contributed by atoms with Gasteiger partial charge in [-0.15, -0.1) is 11.3 Å². The molecule has 26 heavy (non-hydrogen) atoms. The Kier molecular flexibility index (Phi) is 5.72. The predicted molar refractivity (Wildman–Crippen MR) is 94.7 cm³/mol. The lowest BCUT2D eigenvalue weighted by Gasteiger charge is -2.19. The van der Waals surface area contributed by atoms with Gasteiger partial charge in [-0.3, -0.25) is 20.4 Å². The summed E-state index contributed by atoms with van der Waals surface area (Å²) in [5.41, 5.74) is 5.56. The van der Waals surface area contributed by atoms with Crippen LogP contribution in [0.3, 0.4) is 0 Å². The zero-order valence-electron chi connectivity index (χ0n) is 14.4. The molecule has 3 rings (SSSR count). The fourth-order valence-electron chi connectivity index (χ4n) is 2.88. The summed E-state index contributed by atoms with van der Waals surface area (Å²) >= 11 is 1.44. The Hall–Kier alpha value is -2.61. The van der Waals surface area contributed by atoms with E-state index in [0.717, 1.165) is 25.7 Å². The standard InChI is InChI=1S/C18H20N2O5S/c1-2-11-5-6-14-12(8-11)9-15(26-14)18(23)25-10-16(21)19-20-17(22)13-4-3-7-24-13/h3-4,7,9,11H,2,5-6,8,10H2,1H3,(H,19,21)(H,20,22)/t11-/m1/s1.